The number of nitrogens with two attached hydrogens (primary N) is 1. The Hall–Kier alpha value is -2.03. The van der Waals surface area contributed by atoms with Crippen LogP contribution in [0.2, 0.25) is 0 Å². The van der Waals surface area contributed by atoms with E-state index in [1.807, 2.05) is 0 Å². The van der Waals surface area contributed by atoms with Crippen molar-refractivity contribution >= 4 is 5.84 Å². The molecule has 3 N–H and O–H groups in total. The lowest BCUT2D eigenvalue weighted by Gasteiger charge is -2.27. The molecule has 2 rings (SSSR count). The molecule has 6 nitrogen and oxygen atoms in total. The van der Waals surface area contributed by atoms with Gasteiger partial charge in [-0.05, 0) is 12.1 Å². The van der Waals surface area contributed by atoms with Gasteiger partial charge in [0.15, 0.2) is 5.84 Å². The van der Waals surface area contributed by atoms with Crippen molar-refractivity contribution in [3.8, 4) is 5.88 Å². The summed E-state index contributed by atoms with van der Waals surface area (Å²) >= 11 is 0. The van der Waals surface area contributed by atoms with Crippen LogP contribution in [0.1, 0.15) is 11.3 Å². The molecule has 1 aliphatic heterocycles. The van der Waals surface area contributed by atoms with Gasteiger partial charge in [0.1, 0.15) is 11.8 Å². The zero-order valence-electron chi connectivity index (χ0n) is 9.52. The van der Waals surface area contributed by atoms with E-state index in [1.165, 1.54) is 0 Å². The molecule has 0 amide bonds. The fraction of sp³-hybridized carbons (Fsp3) is 0.400. The van der Waals surface area contributed by atoms with Gasteiger partial charge in [-0.15, -0.1) is 0 Å². The lowest BCUT2D eigenvalue weighted by Crippen LogP contribution is -2.39. The molecule has 2 heterocycles. The Morgan fingerprint density at radius 3 is 2.63 bits per heavy atom. The Balaban J connectivity index is 2.37. The van der Waals surface area contributed by atoms with Gasteiger partial charge in [0.2, 0.25) is 5.88 Å². The summed E-state index contributed by atoms with van der Waals surface area (Å²) in [5, 5.41) is 11.3. The smallest absolute Gasteiger partial charge is 0.433 e. The molecule has 0 aromatic carbocycles. The topological polar surface area (TPSA) is 90.0 Å². The molecule has 0 radical (unpaired) electrons. The van der Waals surface area contributed by atoms with Crippen molar-refractivity contribution in [2.45, 2.75) is 12.3 Å². The first-order valence-electron chi connectivity index (χ1n) is 5.22. The molecular weight excluding hydrogens is 267 g/mol. The number of ether oxygens (including phenoxy) is 2. The first kappa shape index (κ1) is 13.4. The molecular formula is C10H10F3N3O3. The third-order valence-corrected chi connectivity index (χ3v) is 2.42. The van der Waals surface area contributed by atoms with Crippen LogP contribution in [0.3, 0.4) is 0 Å². The van der Waals surface area contributed by atoms with E-state index in [2.05, 4.69) is 10.1 Å². The maximum atomic E-state index is 12.6. The van der Waals surface area contributed by atoms with Crippen molar-refractivity contribution in [1.29, 1.82) is 0 Å². The summed E-state index contributed by atoms with van der Waals surface area (Å²) in [5.41, 5.74) is 4.23. The number of alkyl halides is 3. The van der Waals surface area contributed by atoms with Gasteiger partial charge in [-0.25, -0.2) is 4.98 Å². The summed E-state index contributed by atoms with van der Waals surface area (Å²) in [6.45, 7) is 0.515. The summed E-state index contributed by atoms with van der Waals surface area (Å²) < 4.78 is 47.8. The average Bonchev–Trinajstić information content (AvgIpc) is 2.31. The van der Waals surface area contributed by atoms with Gasteiger partial charge >= 0.3 is 6.18 Å². The standard InChI is InChI=1S/C10H10F3N3O3/c11-10(12,13)7-2-1-6(8(14)16-17)9(15-7)19-5-3-18-4-5/h1-2,5,17H,3-4H2,(H2,14,16). The van der Waals surface area contributed by atoms with E-state index in [1.54, 1.807) is 0 Å². The number of nitrogens with zero attached hydrogens (tertiary/aromatic N) is 2. The minimum Gasteiger partial charge on any atom is -0.469 e. The molecule has 0 spiro atoms. The highest BCUT2D eigenvalue weighted by atomic mass is 19.4. The summed E-state index contributed by atoms with van der Waals surface area (Å²) in [6.07, 6.45) is -4.99. The van der Waals surface area contributed by atoms with Crippen LogP contribution in [-0.2, 0) is 10.9 Å². The molecule has 1 aromatic heterocycles. The van der Waals surface area contributed by atoms with Crippen LogP contribution < -0.4 is 10.5 Å². The Kier molecular flexibility index (Phi) is 3.47. The second-order valence-electron chi connectivity index (χ2n) is 3.81. The van der Waals surface area contributed by atoms with E-state index in [0.717, 1.165) is 12.1 Å². The first-order chi connectivity index (χ1) is 8.91. The van der Waals surface area contributed by atoms with Crippen LogP contribution in [0.25, 0.3) is 0 Å². The summed E-state index contributed by atoms with van der Waals surface area (Å²) in [7, 11) is 0. The van der Waals surface area contributed by atoms with E-state index in [-0.39, 0.29) is 36.6 Å². The Labute approximate surface area is 105 Å². The molecule has 9 heteroatoms. The number of amidine groups is 1. The summed E-state index contributed by atoms with van der Waals surface area (Å²) in [5.74, 6) is -0.713. The predicted molar refractivity (Wildman–Crippen MR) is 57.0 cm³/mol. The van der Waals surface area contributed by atoms with Gasteiger partial charge in [-0.2, -0.15) is 13.2 Å². The number of oxime groups is 1. The highest BCUT2D eigenvalue weighted by Gasteiger charge is 2.34. The van der Waals surface area contributed by atoms with Gasteiger partial charge in [0.25, 0.3) is 0 Å². The number of halogens is 3. The highest BCUT2D eigenvalue weighted by molar-refractivity contribution is 5.99. The molecule has 0 bridgehead atoms. The van der Waals surface area contributed by atoms with E-state index >= 15 is 0 Å². The third kappa shape index (κ3) is 2.87. The van der Waals surface area contributed by atoms with Gasteiger partial charge in [0.05, 0.1) is 18.8 Å². The van der Waals surface area contributed by atoms with Crippen LogP contribution >= 0.6 is 0 Å². The second kappa shape index (κ2) is 4.92. The number of hydrogen-bond acceptors (Lipinski definition) is 5. The highest BCUT2D eigenvalue weighted by Crippen LogP contribution is 2.30. The van der Waals surface area contributed by atoms with E-state index in [9.17, 15) is 13.2 Å². The SMILES string of the molecule is N/C(=N/O)c1ccc(C(F)(F)F)nc1OC1COC1. The average molecular weight is 277 g/mol. The van der Waals surface area contributed by atoms with Gasteiger partial charge in [-0.3, -0.25) is 0 Å². The zero-order valence-corrected chi connectivity index (χ0v) is 9.52. The van der Waals surface area contributed by atoms with E-state index in [0.29, 0.717) is 0 Å². The van der Waals surface area contributed by atoms with Gasteiger partial charge in [0, 0.05) is 0 Å². The maximum Gasteiger partial charge on any atom is 0.433 e. The molecule has 0 atom stereocenters. The van der Waals surface area contributed by atoms with Crippen molar-refractivity contribution in [3.05, 3.63) is 23.4 Å². The van der Waals surface area contributed by atoms with Gasteiger partial charge in [-0.1, -0.05) is 5.16 Å². The third-order valence-electron chi connectivity index (χ3n) is 2.42. The Morgan fingerprint density at radius 1 is 1.47 bits per heavy atom. The molecule has 1 aliphatic rings. The normalized spacial score (nSPS) is 17.1. The number of hydrogen-bond donors (Lipinski definition) is 2. The second-order valence-corrected chi connectivity index (χ2v) is 3.81. The van der Waals surface area contributed by atoms with E-state index < -0.39 is 11.9 Å². The van der Waals surface area contributed by atoms with E-state index in [4.69, 9.17) is 20.4 Å². The monoisotopic (exact) mass is 277 g/mol. The van der Waals surface area contributed by atoms with Crippen molar-refractivity contribution < 1.29 is 27.9 Å². The van der Waals surface area contributed by atoms with Crippen molar-refractivity contribution in [2.24, 2.45) is 10.9 Å². The predicted octanol–water partition coefficient (Wildman–Crippen LogP) is 0.972. The van der Waals surface area contributed by atoms with Crippen LogP contribution in [0, 0.1) is 0 Å². The zero-order chi connectivity index (χ0) is 14.0. The van der Waals surface area contributed by atoms with Crippen LogP contribution in [0.15, 0.2) is 17.3 Å². The molecule has 104 valence electrons. The summed E-state index contributed by atoms with van der Waals surface area (Å²) in [4.78, 5) is 3.36. The molecule has 1 saturated heterocycles. The number of pyridine rings is 1. The first-order valence-corrected chi connectivity index (χ1v) is 5.22. The van der Waals surface area contributed by atoms with Crippen molar-refractivity contribution in [1.82, 2.24) is 4.98 Å². The lowest BCUT2D eigenvalue weighted by molar-refractivity contribution is -0.141. The quantitative estimate of drug-likeness (QED) is 0.372. The van der Waals surface area contributed by atoms with Crippen molar-refractivity contribution in [2.75, 3.05) is 13.2 Å². The Morgan fingerprint density at radius 2 is 2.16 bits per heavy atom. The van der Waals surface area contributed by atoms with Crippen LogP contribution in [-0.4, -0.2) is 35.3 Å². The fourth-order valence-corrected chi connectivity index (χ4v) is 1.38. The molecule has 0 saturated carbocycles. The molecule has 1 fully saturated rings. The van der Waals surface area contributed by atoms with Crippen molar-refractivity contribution in [3.63, 3.8) is 0 Å². The van der Waals surface area contributed by atoms with Crippen LogP contribution in [0.4, 0.5) is 13.2 Å². The summed E-state index contributed by atoms with van der Waals surface area (Å²) in [6, 6.07) is 1.78. The molecule has 19 heavy (non-hydrogen) atoms. The minimum absolute atomic E-state index is 0.0117. The minimum atomic E-state index is -4.60. The molecule has 0 unspecified atom stereocenters. The Bertz CT molecular complexity index is 501. The lowest BCUT2D eigenvalue weighted by atomic mass is 10.2. The largest absolute Gasteiger partial charge is 0.469 e. The fourth-order valence-electron chi connectivity index (χ4n) is 1.38. The maximum absolute atomic E-state index is 12.6. The molecule has 1 aromatic rings. The number of rotatable bonds is 3. The molecule has 0 aliphatic carbocycles. The van der Waals surface area contributed by atoms with Gasteiger partial charge < -0.3 is 20.4 Å². The number of aromatic nitrogens is 1. The van der Waals surface area contributed by atoms with Crippen LogP contribution in [0.5, 0.6) is 5.88 Å².